The van der Waals surface area contributed by atoms with Gasteiger partial charge in [-0.05, 0) is 24.5 Å². The highest BCUT2D eigenvalue weighted by molar-refractivity contribution is 5.79. The molecule has 1 aromatic rings. The molecule has 1 aromatic carbocycles. The normalized spacial score (nSPS) is 19.4. The first-order valence-electron chi connectivity index (χ1n) is 6.89. The van der Waals surface area contributed by atoms with Crippen molar-refractivity contribution in [2.24, 2.45) is 5.92 Å². The molecule has 1 heterocycles. The van der Waals surface area contributed by atoms with Gasteiger partial charge in [-0.2, -0.15) is 0 Å². The largest absolute Gasteiger partial charge is 0.486 e. The van der Waals surface area contributed by atoms with Gasteiger partial charge in [-0.15, -0.1) is 0 Å². The summed E-state index contributed by atoms with van der Waals surface area (Å²) in [6.45, 7) is 6.33. The maximum atomic E-state index is 13.5. The summed E-state index contributed by atoms with van der Waals surface area (Å²) in [5.41, 5.74) is 0.524. The molecule has 5 heteroatoms. The summed E-state index contributed by atoms with van der Waals surface area (Å²) in [6.07, 6.45) is 0.359. The zero-order chi connectivity index (χ0) is 14.9. The first-order chi connectivity index (χ1) is 9.43. The Morgan fingerprint density at radius 2 is 2.25 bits per heavy atom. The third kappa shape index (κ3) is 2.71. The molecule has 0 amide bonds. The van der Waals surface area contributed by atoms with Gasteiger partial charge in [0.25, 0.3) is 0 Å². The van der Waals surface area contributed by atoms with E-state index >= 15 is 0 Å². The van der Waals surface area contributed by atoms with Crippen molar-refractivity contribution in [1.29, 1.82) is 0 Å². The van der Waals surface area contributed by atoms with Crippen LogP contribution in [0.2, 0.25) is 0 Å². The quantitative estimate of drug-likeness (QED) is 0.922. The Labute approximate surface area is 118 Å². The first kappa shape index (κ1) is 14.6. The fraction of sp³-hybridized carbons (Fsp3) is 0.533. The van der Waals surface area contributed by atoms with E-state index in [0.29, 0.717) is 24.4 Å². The molecular weight excluding hydrogens is 261 g/mol. The number of hydrogen-bond acceptors (Lipinski definition) is 3. The lowest BCUT2D eigenvalue weighted by molar-refractivity contribution is -0.138. The minimum atomic E-state index is -0.896. The Kier molecular flexibility index (Phi) is 4.16. The van der Waals surface area contributed by atoms with E-state index in [9.17, 15) is 14.3 Å². The van der Waals surface area contributed by atoms with Crippen molar-refractivity contribution in [3.05, 3.63) is 24.0 Å². The topological polar surface area (TPSA) is 49.8 Å². The van der Waals surface area contributed by atoms with Gasteiger partial charge >= 0.3 is 5.97 Å². The van der Waals surface area contributed by atoms with Crippen LogP contribution in [0.4, 0.5) is 10.1 Å². The molecule has 0 bridgehead atoms. The number of hydrogen-bond donors (Lipinski definition) is 1. The number of aliphatic carboxylic acids is 1. The lowest BCUT2D eigenvalue weighted by atomic mass is 10.0. The van der Waals surface area contributed by atoms with Crippen molar-refractivity contribution in [2.45, 2.75) is 39.3 Å². The van der Waals surface area contributed by atoms with Crippen LogP contribution in [-0.4, -0.2) is 29.8 Å². The van der Waals surface area contributed by atoms with E-state index in [2.05, 4.69) is 0 Å². The molecule has 2 atom stereocenters. The Hall–Kier alpha value is -1.78. The van der Waals surface area contributed by atoms with Crippen LogP contribution in [0.15, 0.2) is 18.2 Å². The number of carbonyl (C=O) groups is 1. The number of carboxylic acids is 1. The molecule has 2 rings (SSSR count). The summed E-state index contributed by atoms with van der Waals surface area (Å²) >= 11 is 0. The third-order valence-corrected chi connectivity index (χ3v) is 3.68. The zero-order valence-electron chi connectivity index (χ0n) is 12.0. The molecule has 0 radical (unpaired) electrons. The SMILES string of the molecule is CCC(C(=O)O)N1CC(C(C)C)Oc2ccc(F)cc21. The van der Waals surface area contributed by atoms with E-state index in [-0.39, 0.29) is 17.8 Å². The van der Waals surface area contributed by atoms with Crippen molar-refractivity contribution in [3.63, 3.8) is 0 Å². The minimum absolute atomic E-state index is 0.0960. The molecule has 1 aliphatic heterocycles. The highest BCUT2D eigenvalue weighted by Crippen LogP contribution is 2.37. The molecule has 4 nitrogen and oxygen atoms in total. The molecule has 110 valence electrons. The van der Waals surface area contributed by atoms with Gasteiger partial charge in [-0.3, -0.25) is 0 Å². The summed E-state index contributed by atoms with van der Waals surface area (Å²) in [5, 5.41) is 9.37. The Balaban J connectivity index is 2.44. The van der Waals surface area contributed by atoms with E-state index in [1.807, 2.05) is 20.8 Å². The zero-order valence-corrected chi connectivity index (χ0v) is 12.0. The molecule has 0 saturated carbocycles. The number of anilines is 1. The van der Waals surface area contributed by atoms with Crippen LogP contribution in [0.25, 0.3) is 0 Å². The molecule has 0 aromatic heterocycles. The van der Waals surface area contributed by atoms with Crippen molar-refractivity contribution in [1.82, 2.24) is 0 Å². The van der Waals surface area contributed by atoms with Gasteiger partial charge in [0.15, 0.2) is 0 Å². The van der Waals surface area contributed by atoms with Crippen molar-refractivity contribution in [3.8, 4) is 5.75 Å². The Bertz CT molecular complexity index is 504. The van der Waals surface area contributed by atoms with Crippen LogP contribution in [0, 0.1) is 11.7 Å². The number of rotatable bonds is 4. The predicted molar refractivity (Wildman–Crippen MR) is 74.7 cm³/mol. The second-order valence-electron chi connectivity index (χ2n) is 5.43. The van der Waals surface area contributed by atoms with Gasteiger partial charge < -0.3 is 14.7 Å². The molecule has 1 aliphatic rings. The maximum absolute atomic E-state index is 13.5. The lowest BCUT2D eigenvalue weighted by Gasteiger charge is -2.40. The van der Waals surface area contributed by atoms with Gasteiger partial charge in [0.05, 0.1) is 12.2 Å². The summed E-state index contributed by atoms with van der Waals surface area (Å²) in [6, 6.07) is 3.58. The van der Waals surface area contributed by atoms with Crippen LogP contribution in [-0.2, 0) is 4.79 Å². The molecule has 0 fully saturated rings. The number of benzene rings is 1. The summed E-state index contributed by atoms with van der Waals surface area (Å²) in [7, 11) is 0. The number of nitrogens with zero attached hydrogens (tertiary/aromatic N) is 1. The first-order valence-corrected chi connectivity index (χ1v) is 6.89. The van der Waals surface area contributed by atoms with E-state index in [1.54, 1.807) is 11.0 Å². The second-order valence-corrected chi connectivity index (χ2v) is 5.43. The average molecular weight is 281 g/mol. The smallest absolute Gasteiger partial charge is 0.326 e. The summed E-state index contributed by atoms with van der Waals surface area (Å²) < 4.78 is 19.3. The molecular formula is C15H20FNO3. The monoisotopic (exact) mass is 281 g/mol. The van der Waals surface area contributed by atoms with Crippen molar-refractivity contribution in [2.75, 3.05) is 11.4 Å². The highest BCUT2D eigenvalue weighted by atomic mass is 19.1. The Morgan fingerprint density at radius 3 is 2.80 bits per heavy atom. The number of ether oxygens (including phenoxy) is 1. The average Bonchev–Trinajstić information content (AvgIpc) is 2.39. The number of fused-ring (bicyclic) bond motifs is 1. The van der Waals surface area contributed by atoms with Crippen molar-refractivity contribution < 1.29 is 19.0 Å². The number of carboxylic acid groups (broad SMARTS) is 1. The molecule has 0 saturated heterocycles. The minimum Gasteiger partial charge on any atom is -0.486 e. The highest BCUT2D eigenvalue weighted by Gasteiger charge is 2.34. The maximum Gasteiger partial charge on any atom is 0.326 e. The van der Waals surface area contributed by atoms with Crippen LogP contribution >= 0.6 is 0 Å². The van der Waals surface area contributed by atoms with E-state index < -0.39 is 12.0 Å². The van der Waals surface area contributed by atoms with Gasteiger partial charge in [-0.1, -0.05) is 20.8 Å². The van der Waals surface area contributed by atoms with E-state index in [1.165, 1.54) is 12.1 Å². The summed E-state index contributed by atoms with van der Waals surface area (Å²) in [5.74, 6) is -0.481. The van der Waals surface area contributed by atoms with E-state index in [4.69, 9.17) is 4.74 Å². The van der Waals surface area contributed by atoms with Crippen LogP contribution in [0.3, 0.4) is 0 Å². The van der Waals surface area contributed by atoms with Crippen LogP contribution in [0.1, 0.15) is 27.2 Å². The van der Waals surface area contributed by atoms with E-state index in [0.717, 1.165) is 0 Å². The summed E-state index contributed by atoms with van der Waals surface area (Å²) in [4.78, 5) is 13.2. The van der Waals surface area contributed by atoms with Gasteiger partial charge in [-0.25, -0.2) is 9.18 Å². The molecule has 20 heavy (non-hydrogen) atoms. The molecule has 1 N–H and O–H groups in total. The fourth-order valence-corrected chi connectivity index (χ4v) is 2.48. The molecule has 0 spiro atoms. The third-order valence-electron chi connectivity index (χ3n) is 3.68. The van der Waals surface area contributed by atoms with Gasteiger partial charge in [0.2, 0.25) is 0 Å². The molecule has 2 unspecified atom stereocenters. The fourth-order valence-electron chi connectivity index (χ4n) is 2.48. The number of halogens is 1. The van der Waals surface area contributed by atoms with Crippen LogP contribution < -0.4 is 9.64 Å². The predicted octanol–water partition coefficient (Wildman–Crippen LogP) is 2.91. The molecule has 0 aliphatic carbocycles. The van der Waals surface area contributed by atoms with Gasteiger partial charge in [0, 0.05) is 6.07 Å². The van der Waals surface area contributed by atoms with Crippen molar-refractivity contribution >= 4 is 11.7 Å². The lowest BCUT2D eigenvalue weighted by Crippen LogP contribution is -2.50. The standard InChI is InChI=1S/C15H20FNO3/c1-4-11(15(18)19)17-8-14(9(2)3)20-13-6-5-10(16)7-12(13)17/h5-7,9,11,14H,4,8H2,1-3H3,(H,18,19). The Morgan fingerprint density at radius 1 is 1.55 bits per heavy atom. The second kappa shape index (κ2) is 5.69. The van der Waals surface area contributed by atoms with Crippen LogP contribution in [0.5, 0.6) is 5.75 Å². The van der Waals surface area contributed by atoms with Gasteiger partial charge in [0.1, 0.15) is 23.7 Å².